The zero-order valence-corrected chi connectivity index (χ0v) is 13.8. The molecule has 2 amide bonds. The molecule has 1 aliphatic carbocycles. The van der Waals surface area contributed by atoms with Crippen molar-refractivity contribution in [1.82, 2.24) is 10.7 Å². The van der Waals surface area contributed by atoms with E-state index < -0.39 is 6.04 Å². The van der Waals surface area contributed by atoms with E-state index in [1.54, 1.807) is 24.3 Å². The van der Waals surface area contributed by atoms with Gasteiger partial charge < -0.3 is 5.32 Å². The van der Waals surface area contributed by atoms with E-state index in [2.05, 4.69) is 15.8 Å². The van der Waals surface area contributed by atoms with Crippen LogP contribution in [0.15, 0.2) is 35.4 Å². The fourth-order valence-electron chi connectivity index (χ4n) is 2.62. The minimum absolute atomic E-state index is 0.0192. The standard InChI is InChI=1S/C18H25N3O2/c1-13(2)16(19-17(22)14-9-5-3-6-10-14)18(23)21-20-15-11-7-4-8-12-15/h3,5-6,9-10,13,16H,4,7-8,11-12H2,1-2H3,(H,19,22)(H,21,23)/t16-/m0/s1. The predicted molar refractivity (Wildman–Crippen MR) is 91.2 cm³/mol. The van der Waals surface area contributed by atoms with Crippen LogP contribution in [0.2, 0.25) is 0 Å². The second kappa shape index (κ2) is 8.46. The van der Waals surface area contributed by atoms with E-state index in [-0.39, 0.29) is 17.7 Å². The molecule has 1 aromatic carbocycles. The van der Waals surface area contributed by atoms with Crippen LogP contribution in [0.4, 0.5) is 0 Å². The Morgan fingerprint density at radius 1 is 1.04 bits per heavy atom. The van der Waals surface area contributed by atoms with Crippen LogP contribution in [0.5, 0.6) is 0 Å². The van der Waals surface area contributed by atoms with Gasteiger partial charge in [-0.3, -0.25) is 9.59 Å². The Morgan fingerprint density at radius 2 is 1.70 bits per heavy atom. The highest BCUT2D eigenvalue weighted by molar-refractivity contribution is 5.97. The number of hydrogen-bond acceptors (Lipinski definition) is 3. The van der Waals surface area contributed by atoms with Crippen molar-refractivity contribution in [3.63, 3.8) is 0 Å². The first-order chi connectivity index (χ1) is 11.1. The van der Waals surface area contributed by atoms with Gasteiger partial charge in [0.2, 0.25) is 0 Å². The average Bonchev–Trinajstić information content (AvgIpc) is 2.58. The molecule has 1 aliphatic rings. The van der Waals surface area contributed by atoms with Crippen LogP contribution in [0.25, 0.3) is 0 Å². The van der Waals surface area contributed by atoms with Crippen LogP contribution in [-0.4, -0.2) is 23.6 Å². The summed E-state index contributed by atoms with van der Waals surface area (Å²) in [4.78, 5) is 24.6. The second-order valence-electron chi connectivity index (χ2n) is 6.28. The van der Waals surface area contributed by atoms with E-state index in [9.17, 15) is 9.59 Å². The van der Waals surface area contributed by atoms with Gasteiger partial charge in [0.15, 0.2) is 0 Å². The first kappa shape index (κ1) is 17.2. The number of rotatable bonds is 5. The van der Waals surface area contributed by atoms with E-state index in [0.717, 1.165) is 31.4 Å². The van der Waals surface area contributed by atoms with E-state index in [1.807, 2.05) is 19.9 Å². The lowest BCUT2D eigenvalue weighted by Gasteiger charge is -2.21. The minimum atomic E-state index is -0.601. The summed E-state index contributed by atoms with van der Waals surface area (Å²) in [5.74, 6) is -0.527. The van der Waals surface area contributed by atoms with Gasteiger partial charge in [0.1, 0.15) is 6.04 Å². The number of nitrogens with zero attached hydrogens (tertiary/aromatic N) is 1. The second-order valence-corrected chi connectivity index (χ2v) is 6.28. The molecule has 1 fully saturated rings. The summed E-state index contributed by atoms with van der Waals surface area (Å²) in [6, 6.07) is 8.31. The molecule has 1 saturated carbocycles. The van der Waals surface area contributed by atoms with Crippen molar-refractivity contribution < 1.29 is 9.59 Å². The van der Waals surface area contributed by atoms with Gasteiger partial charge in [-0.05, 0) is 43.7 Å². The summed E-state index contributed by atoms with van der Waals surface area (Å²) in [7, 11) is 0. The van der Waals surface area contributed by atoms with Crippen molar-refractivity contribution in [2.75, 3.05) is 0 Å². The van der Waals surface area contributed by atoms with Crippen LogP contribution in [-0.2, 0) is 4.79 Å². The summed E-state index contributed by atoms with van der Waals surface area (Å²) < 4.78 is 0. The largest absolute Gasteiger partial charge is 0.340 e. The zero-order valence-electron chi connectivity index (χ0n) is 13.8. The fraction of sp³-hybridized carbons (Fsp3) is 0.500. The van der Waals surface area contributed by atoms with E-state index in [0.29, 0.717) is 5.56 Å². The predicted octanol–water partition coefficient (Wildman–Crippen LogP) is 2.88. The number of carbonyl (C=O) groups excluding carboxylic acids is 2. The maximum absolute atomic E-state index is 12.4. The zero-order chi connectivity index (χ0) is 16.7. The Balaban J connectivity index is 1.97. The van der Waals surface area contributed by atoms with Gasteiger partial charge in [0.05, 0.1) is 0 Å². The minimum Gasteiger partial charge on any atom is -0.340 e. The highest BCUT2D eigenvalue weighted by Crippen LogP contribution is 2.14. The molecule has 23 heavy (non-hydrogen) atoms. The Kier molecular flexibility index (Phi) is 6.32. The normalized spacial score (nSPS) is 15.9. The maximum Gasteiger partial charge on any atom is 0.262 e. The molecule has 5 heteroatoms. The van der Waals surface area contributed by atoms with Gasteiger partial charge >= 0.3 is 0 Å². The Hall–Kier alpha value is -2.17. The van der Waals surface area contributed by atoms with Crippen molar-refractivity contribution in [2.45, 2.75) is 52.0 Å². The maximum atomic E-state index is 12.4. The third-order valence-corrected chi connectivity index (χ3v) is 4.03. The Bertz CT molecular complexity index is 559. The molecular formula is C18H25N3O2. The number of hydrazone groups is 1. The lowest BCUT2D eigenvalue weighted by Crippen LogP contribution is -2.48. The first-order valence-electron chi connectivity index (χ1n) is 8.29. The molecule has 0 bridgehead atoms. The molecule has 0 radical (unpaired) electrons. The van der Waals surface area contributed by atoms with Gasteiger partial charge in [-0.25, -0.2) is 5.43 Å². The van der Waals surface area contributed by atoms with Crippen molar-refractivity contribution >= 4 is 17.5 Å². The molecule has 0 spiro atoms. The van der Waals surface area contributed by atoms with E-state index >= 15 is 0 Å². The molecule has 0 saturated heterocycles. The van der Waals surface area contributed by atoms with Crippen LogP contribution < -0.4 is 10.7 Å². The molecule has 0 aromatic heterocycles. The fourth-order valence-corrected chi connectivity index (χ4v) is 2.62. The van der Waals surface area contributed by atoms with Crippen LogP contribution >= 0.6 is 0 Å². The molecule has 2 N–H and O–H groups in total. The lowest BCUT2D eigenvalue weighted by atomic mass is 9.99. The van der Waals surface area contributed by atoms with Crippen molar-refractivity contribution in [3.05, 3.63) is 35.9 Å². The number of amides is 2. The number of nitrogens with one attached hydrogen (secondary N) is 2. The third kappa shape index (κ3) is 5.20. The Labute approximate surface area is 137 Å². The van der Waals surface area contributed by atoms with E-state index in [4.69, 9.17) is 0 Å². The molecule has 5 nitrogen and oxygen atoms in total. The summed E-state index contributed by atoms with van der Waals surface area (Å²) in [5, 5.41) is 7.03. The van der Waals surface area contributed by atoms with Crippen molar-refractivity contribution in [3.8, 4) is 0 Å². The van der Waals surface area contributed by atoms with Gasteiger partial charge in [-0.1, -0.05) is 38.5 Å². The molecule has 124 valence electrons. The van der Waals surface area contributed by atoms with Crippen LogP contribution in [0, 0.1) is 5.92 Å². The average molecular weight is 315 g/mol. The van der Waals surface area contributed by atoms with Gasteiger partial charge in [0, 0.05) is 11.3 Å². The molecule has 1 atom stereocenters. The molecule has 0 unspecified atom stereocenters. The molecule has 0 heterocycles. The third-order valence-electron chi connectivity index (χ3n) is 4.03. The molecule has 2 rings (SSSR count). The summed E-state index contributed by atoms with van der Waals surface area (Å²) >= 11 is 0. The summed E-state index contributed by atoms with van der Waals surface area (Å²) in [6.07, 6.45) is 5.39. The molecule has 1 aromatic rings. The van der Waals surface area contributed by atoms with Crippen molar-refractivity contribution in [2.24, 2.45) is 11.0 Å². The molecule has 0 aliphatic heterocycles. The highest BCUT2D eigenvalue weighted by atomic mass is 16.2. The monoisotopic (exact) mass is 315 g/mol. The van der Waals surface area contributed by atoms with Gasteiger partial charge in [0.25, 0.3) is 11.8 Å². The van der Waals surface area contributed by atoms with E-state index in [1.165, 1.54) is 6.42 Å². The summed E-state index contributed by atoms with van der Waals surface area (Å²) in [6.45, 7) is 3.81. The Morgan fingerprint density at radius 3 is 2.30 bits per heavy atom. The molecular weight excluding hydrogens is 290 g/mol. The van der Waals surface area contributed by atoms with Gasteiger partial charge in [-0.15, -0.1) is 0 Å². The summed E-state index contributed by atoms with van der Waals surface area (Å²) in [5.41, 5.74) is 4.21. The first-order valence-corrected chi connectivity index (χ1v) is 8.29. The SMILES string of the molecule is CC(C)[C@H](NC(=O)c1ccccc1)C(=O)NN=C1CCCCC1. The smallest absolute Gasteiger partial charge is 0.262 e. The quantitative estimate of drug-likeness (QED) is 0.820. The number of benzene rings is 1. The van der Waals surface area contributed by atoms with Crippen molar-refractivity contribution in [1.29, 1.82) is 0 Å². The number of carbonyl (C=O) groups is 2. The topological polar surface area (TPSA) is 70.6 Å². The number of hydrogen-bond donors (Lipinski definition) is 2. The van der Waals surface area contributed by atoms with Crippen LogP contribution in [0.1, 0.15) is 56.3 Å². The lowest BCUT2D eigenvalue weighted by molar-refractivity contribution is -0.123. The highest BCUT2D eigenvalue weighted by Gasteiger charge is 2.24. The van der Waals surface area contributed by atoms with Gasteiger partial charge in [-0.2, -0.15) is 5.10 Å². The van der Waals surface area contributed by atoms with Crippen LogP contribution in [0.3, 0.4) is 0 Å².